The van der Waals surface area contributed by atoms with Crippen molar-refractivity contribution in [3.05, 3.63) is 35.1 Å². The molecule has 2 heterocycles. The molecule has 0 saturated carbocycles. The predicted molar refractivity (Wildman–Crippen MR) is 57.2 cm³/mol. The zero-order valence-electron chi connectivity index (χ0n) is 5.66. The number of hydrogen-bond donors (Lipinski definition) is 0. The van der Waals surface area contributed by atoms with Crippen LogP contribution in [0.2, 0.25) is 0 Å². The third kappa shape index (κ3) is 1.64. The molecule has 4 heteroatoms. The summed E-state index contributed by atoms with van der Waals surface area (Å²) in [6, 6.07) is 7.78. The summed E-state index contributed by atoms with van der Waals surface area (Å²) in [7, 11) is 0. The molecule has 2 rings (SSSR count). The highest BCUT2D eigenvalue weighted by Gasteiger charge is 1.93. The van der Waals surface area contributed by atoms with Crippen molar-refractivity contribution in [2.45, 2.75) is 0 Å². The topological polar surface area (TPSA) is 25.8 Å². The highest BCUT2D eigenvalue weighted by Crippen LogP contribution is 2.12. The minimum Gasteiger partial charge on any atom is -0.237 e. The zero-order chi connectivity index (χ0) is 7.68. The van der Waals surface area contributed by atoms with Gasteiger partial charge in [-0.2, -0.15) is 0 Å². The van der Waals surface area contributed by atoms with Gasteiger partial charge in [0.1, 0.15) is 4.60 Å². The van der Waals surface area contributed by atoms with Gasteiger partial charge in [0, 0.05) is 11.6 Å². The van der Waals surface area contributed by atoms with E-state index in [1.165, 1.54) is 0 Å². The number of fused-ring (bicyclic) bond motifs is 1. The van der Waals surface area contributed by atoms with Gasteiger partial charge in [-0.3, -0.25) is 0 Å². The summed E-state index contributed by atoms with van der Waals surface area (Å²) in [5.74, 6) is 0. The van der Waals surface area contributed by atoms with E-state index in [1.807, 2.05) is 24.3 Å². The fourth-order valence-corrected chi connectivity index (χ4v) is 1.23. The lowest BCUT2D eigenvalue weighted by Gasteiger charge is -1.93. The molecule has 0 bridgehead atoms. The average molecular weight is 223 g/mol. The first-order valence-corrected chi connectivity index (χ1v) is 4.03. The Hall–Kier alpha value is -0.895. The van der Waals surface area contributed by atoms with Gasteiger partial charge in [0.05, 0.1) is 8.41 Å². The van der Waals surface area contributed by atoms with Crippen molar-refractivity contribution in [3.63, 3.8) is 0 Å². The molecule has 0 amide bonds. The Labute approximate surface area is 80.7 Å². The van der Waals surface area contributed by atoms with Crippen molar-refractivity contribution in [1.29, 1.82) is 0 Å². The van der Waals surface area contributed by atoms with Gasteiger partial charge in [-0.15, -0.1) is 0 Å². The number of hydrogen-bond acceptors (Lipinski definition) is 2. The van der Waals surface area contributed by atoms with Gasteiger partial charge >= 0.3 is 0 Å². The fourth-order valence-electron chi connectivity index (χ4n) is 0.930. The largest absolute Gasteiger partial charge is 0.237 e. The molecule has 0 spiro atoms. The lowest BCUT2D eigenvalue weighted by atomic mass is 10.3. The smallest absolute Gasteiger partial charge is 0.160 e. The van der Waals surface area contributed by atoms with E-state index in [9.17, 15) is 0 Å². The normalized spacial score (nSPS) is 9.42. The van der Waals surface area contributed by atoms with Gasteiger partial charge in [0.2, 0.25) is 0 Å². The van der Waals surface area contributed by atoms with E-state index < -0.39 is 0 Å². The summed E-state index contributed by atoms with van der Waals surface area (Å²) in [6.07, 6.45) is 1.74. The van der Waals surface area contributed by atoms with Gasteiger partial charge in [0.25, 0.3) is 0 Å². The molecule has 2 nitrogen and oxygen atoms in total. The van der Waals surface area contributed by atoms with E-state index in [0.29, 0.717) is 0 Å². The van der Waals surface area contributed by atoms with Crippen LogP contribution in [0, 0.1) is 0 Å². The molecule has 0 atom stereocenters. The molecular formula is C8H8BBrN2. The minimum absolute atomic E-state index is 0. The number of nitrogens with zero attached hydrogens (tertiary/aromatic N) is 2. The van der Waals surface area contributed by atoms with E-state index >= 15 is 0 Å². The third-order valence-corrected chi connectivity index (χ3v) is 1.87. The molecule has 0 fully saturated rings. The lowest BCUT2D eigenvalue weighted by Crippen LogP contribution is -1.81. The van der Waals surface area contributed by atoms with Crippen LogP contribution in [0.3, 0.4) is 0 Å². The summed E-state index contributed by atoms with van der Waals surface area (Å²) in [5, 5.41) is 1.07. The molecule has 2 aromatic rings. The minimum atomic E-state index is 0. The van der Waals surface area contributed by atoms with Gasteiger partial charge in [0.15, 0.2) is 5.65 Å². The molecule has 60 valence electrons. The van der Waals surface area contributed by atoms with Crippen LogP contribution in [-0.4, -0.2) is 18.4 Å². The van der Waals surface area contributed by atoms with Crippen molar-refractivity contribution < 1.29 is 0 Å². The molecule has 0 saturated heterocycles. The summed E-state index contributed by atoms with van der Waals surface area (Å²) >= 11 is 3.28. The van der Waals surface area contributed by atoms with E-state index in [1.54, 1.807) is 6.20 Å². The Morgan fingerprint density at radius 1 is 1.17 bits per heavy atom. The van der Waals surface area contributed by atoms with Crippen LogP contribution in [0.4, 0.5) is 0 Å². The predicted octanol–water partition coefficient (Wildman–Crippen LogP) is 1.21. The van der Waals surface area contributed by atoms with Crippen molar-refractivity contribution in [1.82, 2.24) is 9.97 Å². The first kappa shape index (κ1) is 9.19. The Balaban J connectivity index is 0.000000720. The van der Waals surface area contributed by atoms with Crippen molar-refractivity contribution >= 4 is 35.4 Å². The number of aromatic nitrogens is 2. The molecule has 0 aromatic carbocycles. The van der Waals surface area contributed by atoms with Gasteiger partial charge in [-0.1, -0.05) is 0 Å². The van der Waals surface area contributed by atoms with Gasteiger partial charge in [-0.05, 0) is 40.2 Å². The van der Waals surface area contributed by atoms with E-state index in [2.05, 4.69) is 25.9 Å². The molecular weight excluding hydrogens is 215 g/mol. The molecule has 0 aliphatic heterocycles. The van der Waals surface area contributed by atoms with Crippen molar-refractivity contribution in [2.24, 2.45) is 0 Å². The highest BCUT2D eigenvalue weighted by molar-refractivity contribution is 9.10. The first-order chi connectivity index (χ1) is 5.36. The highest BCUT2D eigenvalue weighted by atomic mass is 79.9. The SMILES string of the molecule is B.Brc1ccc2cccnc2n1. The number of rotatable bonds is 0. The number of halogens is 1. The molecule has 0 aliphatic carbocycles. The van der Waals surface area contributed by atoms with Gasteiger partial charge < -0.3 is 0 Å². The molecule has 0 aliphatic rings. The fraction of sp³-hybridized carbons (Fsp3) is 0. The van der Waals surface area contributed by atoms with Crippen LogP contribution in [-0.2, 0) is 0 Å². The second-order valence-electron chi connectivity index (χ2n) is 2.18. The van der Waals surface area contributed by atoms with Crippen LogP contribution >= 0.6 is 15.9 Å². The summed E-state index contributed by atoms with van der Waals surface area (Å²) in [5.41, 5.74) is 0.780. The van der Waals surface area contributed by atoms with Crippen LogP contribution in [0.5, 0.6) is 0 Å². The van der Waals surface area contributed by atoms with Crippen LogP contribution < -0.4 is 0 Å². The first-order valence-electron chi connectivity index (χ1n) is 3.23. The van der Waals surface area contributed by atoms with Crippen LogP contribution in [0.1, 0.15) is 0 Å². The van der Waals surface area contributed by atoms with Crippen LogP contribution in [0.15, 0.2) is 35.1 Å². The Bertz CT molecular complexity index is 391. The Morgan fingerprint density at radius 3 is 2.83 bits per heavy atom. The van der Waals surface area contributed by atoms with Crippen LogP contribution in [0.25, 0.3) is 11.0 Å². The van der Waals surface area contributed by atoms with E-state index in [-0.39, 0.29) is 8.41 Å². The zero-order valence-corrected chi connectivity index (χ0v) is 7.25. The number of pyridine rings is 2. The maximum absolute atomic E-state index is 4.18. The van der Waals surface area contributed by atoms with Crippen molar-refractivity contribution in [2.75, 3.05) is 0 Å². The molecule has 12 heavy (non-hydrogen) atoms. The standard InChI is InChI=1S/C8H5BrN2.BH3/c9-7-4-3-6-2-1-5-10-8(6)11-7;/h1-5H;1H3. The summed E-state index contributed by atoms with van der Waals surface area (Å²) in [6.45, 7) is 0. The quantitative estimate of drug-likeness (QED) is 0.495. The molecule has 0 unspecified atom stereocenters. The molecule has 0 N–H and O–H groups in total. The summed E-state index contributed by atoms with van der Waals surface area (Å²) in [4.78, 5) is 8.28. The maximum Gasteiger partial charge on any atom is 0.160 e. The van der Waals surface area contributed by atoms with E-state index in [0.717, 1.165) is 15.6 Å². The Morgan fingerprint density at radius 2 is 2.00 bits per heavy atom. The second kappa shape index (κ2) is 3.67. The van der Waals surface area contributed by atoms with Crippen molar-refractivity contribution in [3.8, 4) is 0 Å². The maximum atomic E-state index is 4.18. The monoisotopic (exact) mass is 222 g/mol. The summed E-state index contributed by atoms with van der Waals surface area (Å²) < 4.78 is 0.823. The lowest BCUT2D eigenvalue weighted by molar-refractivity contribution is 1.26. The second-order valence-corrected chi connectivity index (χ2v) is 3.00. The molecule has 0 radical (unpaired) electrons. The van der Waals surface area contributed by atoms with Gasteiger partial charge in [-0.25, -0.2) is 9.97 Å². The Kier molecular flexibility index (Phi) is 2.81. The average Bonchev–Trinajstić information content (AvgIpc) is 2.04. The third-order valence-electron chi connectivity index (χ3n) is 1.43. The molecule has 2 aromatic heterocycles. The van der Waals surface area contributed by atoms with E-state index in [4.69, 9.17) is 0 Å².